The van der Waals surface area contributed by atoms with Gasteiger partial charge in [0.2, 0.25) is 0 Å². The number of nitrogens with zero attached hydrogens (tertiary/aromatic N) is 1. The zero-order chi connectivity index (χ0) is 14.0. The van der Waals surface area contributed by atoms with Gasteiger partial charge in [0.1, 0.15) is 0 Å². The van der Waals surface area contributed by atoms with Crippen molar-refractivity contribution in [2.24, 2.45) is 5.92 Å². The molecule has 0 aliphatic heterocycles. The van der Waals surface area contributed by atoms with Crippen LogP contribution >= 0.6 is 0 Å². The number of rotatable bonds is 3. The summed E-state index contributed by atoms with van der Waals surface area (Å²) >= 11 is 0. The lowest BCUT2D eigenvalue weighted by molar-refractivity contribution is 0.0926. The fourth-order valence-electron chi connectivity index (χ4n) is 1.73. The highest BCUT2D eigenvalue weighted by molar-refractivity contribution is 6.04. The van der Waals surface area contributed by atoms with Crippen molar-refractivity contribution in [1.82, 2.24) is 15.5 Å². The van der Waals surface area contributed by atoms with E-state index in [1.807, 2.05) is 20.8 Å². The molecule has 1 atom stereocenters. The van der Waals surface area contributed by atoms with Gasteiger partial charge in [-0.2, -0.15) is 5.10 Å². The van der Waals surface area contributed by atoms with E-state index in [0.29, 0.717) is 16.7 Å². The van der Waals surface area contributed by atoms with E-state index in [1.165, 1.54) is 0 Å². The number of benzene rings is 1. The summed E-state index contributed by atoms with van der Waals surface area (Å²) in [5, 5.41) is 10.2. The van der Waals surface area contributed by atoms with Gasteiger partial charge in [-0.3, -0.25) is 9.59 Å². The average molecular weight is 259 g/mol. The van der Waals surface area contributed by atoms with Crippen LogP contribution in [0.4, 0.5) is 0 Å². The Bertz CT molecular complexity index is 661. The van der Waals surface area contributed by atoms with Gasteiger partial charge in [-0.25, -0.2) is 5.10 Å². The maximum absolute atomic E-state index is 12.2. The zero-order valence-electron chi connectivity index (χ0n) is 11.2. The number of hydrogen-bond acceptors (Lipinski definition) is 3. The first-order chi connectivity index (χ1) is 9.00. The number of carbonyl (C=O) groups is 1. The largest absolute Gasteiger partial charge is 0.348 e. The van der Waals surface area contributed by atoms with Crippen LogP contribution in [0.1, 0.15) is 31.3 Å². The minimum absolute atomic E-state index is 0.0417. The molecule has 0 bridgehead atoms. The van der Waals surface area contributed by atoms with E-state index in [4.69, 9.17) is 0 Å². The van der Waals surface area contributed by atoms with Gasteiger partial charge < -0.3 is 5.32 Å². The van der Waals surface area contributed by atoms with Gasteiger partial charge in [-0.15, -0.1) is 0 Å². The molecule has 1 aromatic heterocycles. The van der Waals surface area contributed by atoms with Gasteiger partial charge in [0.25, 0.3) is 11.5 Å². The Morgan fingerprint density at radius 2 is 1.84 bits per heavy atom. The topological polar surface area (TPSA) is 74.8 Å². The number of fused-ring (bicyclic) bond motifs is 1. The van der Waals surface area contributed by atoms with Crippen molar-refractivity contribution in [2.45, 2.75) is 26.8 Å². The number of nitrogens with one attached hydrogen (secondary N) is 2. The van der Waals surface area contributed by atoms with Crippen molar-refractivity contribution in [2.75, 3.05) is 0 Å². The van der Waals surface area contributed by atoms with E-state index in [2.05, 4.69) is 15.5 Å². The first-order valence-corrected chi connectivity index (χ1v) is 6.29. The third-order valence-corrected chi connectivity index (χ3v) is 3.27. The molecule has 5 heteroatoms. The van der Waals surface area contributed by atoms with Crippen molar-refractivity contribution >= 4 is 16.7 Å². The van der Waals surface area contributed by atoms with Crippen molar-refractivity contribution in [3.8, 4) is 0 Å². The minimum atomic E-state index is -0.288. The molecule has 5 nitrogen and oxygen atoms in total. The van der Waals surface area contributed by atoms with Gasteiger partial charge >= 0.3 is 0 Å². The molecule has 0 aliphatic carbocycles. The number of aromatic nitrogens is 2. The van der Waals surface area contributed by atoms with E-state index in [0.717, 1.165) is 0 Å². The van der Waals surface area contributed by atoms with Crippen LogP contribution in [0.15, 0.2) is 29.1 Å². The summed E-state index contributed by atoms with van der Waals surface area (Å²) in [5.74, 6) is 0.0617. The third kappa shape index (κ3) is 2.65. The maximum Gasteiger partial charge on any atom is 0.272 e. The lowest BCUT2D eigenvalue weighted by Gasteiger charge is -2.17. The number of H-pyrrole nitrogens is 1. The highest BCUT2D eigenvalue weighted by Crippen LogP contribution is 2.12. The van der Waals surface area contributed by atoms with Crippen LogP contribution < -0.4 is 10.9 Å². The highest BCUT2D eigenvalue weighted by Gasteiger charge is 2.17. The Labute approximate surface area is 111 Å². The molecule has 0 radical (unpaired) electrons. The highest BCUT2D eigenvalue weighted by atomic mass is 16.2. The van der Waals surface area contributed by atoms with Gasteiger partial charge in [0.05, 0.1) is 5.39 Å². The monoisotopic (exact) mass is 259 g/mol. The molecule has 1 heterocycles. The summed E-state index contributed by atoms with van der Waals surface area (Å²) in [6.07, 6.45) is 0. The van der Waals surface area contributed by atoms with E-state index in [9.17, 15) is 9.59 Å². The first-order valence-electron chi connectivity index (χ1n) is 6.29. The van der Waals surface area contributed by atoms with Crippen LogP contribution in [0, 0.1) is 5.92 Å². The van der Waals surface area contributed by atoms with Crippen molar-refractivity contribution < 1.29 is 4.79 Å². The second kappa shape index (κ2) is 5.22. The second-order valence-corrected chi connectivity index (χ2v) is 4.95. The Kier molecular flexibility index (Phi) is 3.64. The van der Waals surface area contributed by atoms with Crippen LogP contribution in [-0.2, 0) is 0 Å². The molecule has 1 amide bonds. The molecule has 19 heavy (non-hydrogen) atoms. The predicted molar refractivity (Wildman–Crippen MR) is 74.1 cm³/mol. The third-order valence-electron chi connectivity index (χ3n) is 3.27. The van der Waals surface area contributed by atoms with Gasteiger partial charge in [0, 0.05) is 11.4 Å². The molecular weight excluding hydrogens is 242 g/mol. The molecule has 100 valence electrons. The van der Waals surface area contributed by atoms with Crippen LogP contribution in [0.2, 0.25) is 0 Å². The van der Waals surface area contributed by atoms with Crippen molar-refractivity contribution in [3.05, 3.63) is 40.3 Å². The molecule has 2 N–H and O–H groups in total. The Morgan fingerprint density at radius 1 is 1.21 bits per heavy atom. The summed E-state index contributed by atoms with van der Waals surface area (Å²) in [6.45, 7) is 6.00. The summed E-state index contributed by atoms with van der Waals surface area (Å²) < 4.78 is 0. The second-order valence-electron chi connectivity index (χ2n) is 4.95. The van der Waals surface area contributed by atoms with Crippen LogP contribution in [-0.4, -0.2) is 22.1 Å². The minimum Gasteiger partial charge on any atom is -0.348 e. The lowest BCUT2D eigenvalue weighted by Crippen LogP contribution is -2.37. The van der Waals surface area contributed by atoms with Crippen LogP contribution in [0.5, 0.6) is 0 Å². The molecule has 1 aromatic carbocycles. The van der Waals surface area contributed by atoms with E-state index in [1.54, 1.807) is 24.3 Å². The van der Waals surface area contributed by atoms with Crippen LogP contribution in [0.3, 0.4) is 0 Å². The number of hydrogen-bond donors (Lipinski definition) is 2. The van der Waals surface area contributed by atoms with Crippen molar-refractivity contribution in [1.29, 1.82) is 0 Å². The normalized spacial score (nSPS) is 12.6. The summed E-state index contributed by atoms with van der Waals surface area (Å²) in [7, 11) is 0. The zero-order valence-corrected chi connectivity index (χ0v) is 11.2. The number of aromatic amines is 1. The number of amides is 1. The Balaban J connectivity index is 2.43. The predicted octanol–water partition coefficient (Wildman–Crippen LogP) is 1.70. The van der Waals surface area contributed by atoms with E-state index < -0.39 is 0 Å². The fourth-order valence-corrected chi connectivity index (χ4v) is 1.73. The molecule has 2 aromatic rings. The van der Waals surface area contributed by atoms with E-state index >= 15 is 0 Å². The van der Waals surface area contributed by atoms with Crippen molar-refractivity contribution in [3.63, 3.8) is 0 Å². The molecule has 2 rings (SSSR count). The Hall–Kier alpha value is -2.17. The summed E-state index contributed by atoms with van der Waals surface area (Å²) in [6, 6.07) is 6.99. The van der Waals surface area contributed by atoms with E-state index in [-0.39, 0.29) is 23.2 Å². The smallest absolute Gasteiger partial charge is 0.272 e. The molecule has 0 unspecified atom stereocenters. The summed E-state index contributed by atoms with van der Waals surface area (Å²) in [5.41, 5.74) is -0.0354. The van der Waals surface area contributed by atoms with Gasteiger partial charge in [-0.05, 0) is 18.9 Å². The molecular formula is C14H17N3O2. The first kappa shape index (κ1) is 13.3. The fraction of sp³-hybridized carbons (Fsp3) is 0.357. The van der Waals surface area contributed by atoms with Gasteiger partial charge in [0.15, 0.2) is 5.69 Å². The Morgan fingerprint density at radius 3 is 2.47 bits per heavy atom. The summed E-state index contributed by atoms with van der Waals surface area (Å²) in [4.78, 5) is 23.8. The SMILES string of the molecule is CC(C)[C@@H](C)NC(=O)c1n[nH]c(=O)c2ccccc12. The number of carbonyl (C=O) groups excluding carboxylic acids is 1. The average Bonchev–Trinajstić information content (AvgIpc) is 2.39. The molecule has 0 aliphatic rings. The molecule has 0 spiro atoms. The quantitative estimate of drug-likeness (QED) is 0.881. The molecule has 0 saturated carbocycles. The van der Waals surface area contributed by atoms with Crippen LogP contribution in [0.25, 0.3) is 10.8 Å². The van der Waals surface area contributed by atoms with Gasteiger partial charge in [-0.1, -0.05) is 32.0 Å². The molecule has 0 saturated heterocycles. The standard InChI is InChI=1S/C14H17N3O2/c1-8(2)9(3)15-14(19)12-10-6-4-5-7-11(10)13(18)17-16-12/h4-9H,1-3H3,(H,15,19)(H,17,18)/t9-/m1/s1. The maximum atomic E-state index is 12.2. The lowest BCUT2D eigenvalue weighted by atomic mass is 10.1. The molecule has 0 fully saturated rings.